The van der Waals surface area contributed by atoms with Crippen LogP contribution in [0.1, 0.15) is 19.8 Å². The Kier molecular flexibility index (Phi) is 5.50. The highest BCUT2D eigenvalue weighted by Crippen LogP contribution is 2.20. The number of hydrogen-bond acceptors (Lipinski definition) is 2. The molecule has 1 unspecified atom stereocenters. The Hall–Kier alpha value is -1.20. The largest absolute Gasteiger partial charge is 0.393 e. The van der Waals surface area contributed by atoms with Crippen molar-refractivity contribution in [3.05, 3.63) is 29.0 Å². The lowest BCUT2D eigenvalue weighted by molar-refractivity contribution is -0.118. The Morgan fingerprint density at radius 1 is 1.61 bits per heavy atom. The summed E-state index contributed by atoms with van der Waals surface area (Å²) in [6, 6.07) is 4.03. The average Bonchev–Trinajstić information content (AvgIpc) is 2.29. The first-order valence-electron chi connectivity index (χ1n) is 5.51. The quantitative estimate of drug-likeness (QED) is 0.819. The number of carbonyl (C=O) groups excluding carboxylic acids is 1. The van der Waals surface area contributed by atoms with Gasteiger partial charge in [0.05, 0.1) is 16.6 Å². The molecule has 3 nitrogen and oxygen atoms in total. The highest BCUT2D eigenvalue weighted by molar-refractivity contribution is 7.80. The van der Waals surface area contributed by atoms with E-state index in [9.17, 15) is 9.18 Å². The van der Waals surface area contributed by atoms with Gasteiger partial charge in [0.1, 0.15) is 5.82 Å². The van der Waals surface area contributed by atoms with E-state index < -0.39 is 17.6 Å². The zero-order chi connectivity index (χ0) is 13.7. The molecule has 0 heterocycles. The van der Waals surface area contributed by atoms with Crippen molar-refractivity contribution in [2.45, 2.75) is 19.8 Å². The van der Waals surface area contributed by atoms with Crippen molar-refractivity contribution in [1.29, 1.82) is 0 Å². The third kappa shape index (κ3) is 3.92. The van der Waals surface area contributed by atoms with Crippen LogP contribution in [0.15, 0.2) is 18.2 Å². The molecule has 1 aromatic rings. The summed E-state index contributed by atoms with van der Waals surface area (Å²) in [5.74, 6) is -1.57. The Morgan fingerprint density at radius 3 is 2.78 bits per heavy atom. The smallest absolute Gasteiger partial charge is 0.234 e. The predicted molar refractivity (Wildman–Crippen MR) is 75.2 cm³/mol. The highest BCUT2D eigenvalue weighted by atomic mass is 35.5. The molecule has 1 atom stereocenters. The fourth-order valence-corrected chi connectivity index (χ4v) is 1.89. The van der Waals surface area contributed by atoms with Crippen LogP contribution in [0.4, 0.5) is 10.1 Å². The molecule has 0 aliphatic heterocycles. The second kappa shape index (κ2) is 6.66. The first-order chi connectivity index (χ1) is 8.45. The fraction of sp³-hybridized carbons (Fsp3) is 0.333. The van der Waals surface area contributed by atoms with E-state index in [1.54, 1.807) is 0 Å². The van der Waals surface area contributed by atoms with Gasteiger partial charge in [-0.15, -0.1) is 0 Å². The minimum Gasteiger partial charge on any atom is -0.393 e. The van der Waals surface area contributed by atoms with Crippen molar-refractivity contribution >= 4 is 40.4 Å². The molecule has 0 saturated heterocycles. The lowest BCUT2D eigenvalue weighted by atomic mass is 10.0. The SMILES string of the molecule is CCCC(C(=O)Nc1ccc(Cl)cc1F)C(N)=S. The van der Waals surface area contributed by atoms with Gasteiger partial charge < -0.3 is 11.1 Å². The van der Waals surface area contributed by atoms with E-state index in [2.05, 4.69) is 5.32 Å². The topological polar surface area (TPSA) is 55.1 Å². The monoisotopic (exact) mass is 288 g/mol. The number of amides is 1. The normalized spacial score (nSPS) is 11.9. The Labute approximate surface area is 115 Å². The zero-order valence-corrected chi connectivity index (χ0v) is 11.4. The number of thiocarbonyl (C=S) groups is 1. The van der Waals surface area contributed by atoms with E-state index in [0.29, 0.717) is 6.42 Å². The second-order valence-corrected chi connectivity index (χ2v) is 4.76. The first kappa shape index (κ1) is 14.9. The predicted octanol–water partition coefficient (Wildman–Crippen LogP) is 3.12. The summed E-state index contributed by atoms with van der Waals surface area (Å²) in [7, 11) is 0. The number of benzene rings is 1. The van der Waals surface area contributed by atoms with E-state index in [-0.39, 0.29) is 15.7 Å². The van der Waals surface area contributed by atoms with E-state index in [1.807, 2.05) is 6.92 Å². The molecule has 0 spiro atoms. The standard InChI is InChI=1S/C12H14ClFN2OS/c1-2-3-8(11(15)18)12(17)16-10-5-4-7(13)6-9(10)14/h4-6,8H,2-3H2,1H3,(H2,15,18)(H,16,17). The average molecular weight is 289 g/mol. The van der Waals surface area contributed by atoms with Crippen molar-refractivity contribution < 1.29 is 9.18 Å². The molecule has 0 saturated carbocycles. The molecule has 1 amide bonds. The van der Waals surface area contributed by atoms with Crippen LogP contribution in [-0.2, 0) is 4.79 Å². The lowest BCUT2D eigenvalue weighted by Gasteiger charge is -2.15. The summed E-state index contributed by atoms with van der Waals surface area (Å²) < 4.78 is 13.5. The number of nitrogens with one attached hydrogen (secondary N) is 1. The van der Waals surface area contributed by atoms with Gasteiger partial charge in [0.2, 0.25) is 5.91 Å². The van der Waals surface area contributed by atoms with Crippen LogP contribution in [0.2, 0.25) is 5.02 Å². The molecule has 0 aliphatic carbocycles. The van der Waals surface area contributed by atoms with Gasteiger partial charge in [-0.25, -0.2) is 4.39 Å². The first-order valence-corrected chi connectivity index (χ1v) is 6.29. The number of anilines is 1. The van der Waals surface area contributed by atoms with Crippen LogP contribution in [0, 0.1) is 11.7 Å². The number of nitrogens with two attached hydrogens (primary N) is 1. The van der Waals surface area contributed by atoms with Gasteiger partial charge in [0, 0.05) is 5.02 Å². The Morgan fingerprint density at radius 2 is 2.28 bits per heavy atom. The van der Waals surface area contributed by atoms with Gasteiger partial charge in [-0.1, -0.05) is 37.2 Å². The third-order valence-corrected chi connectivity index (χ3v) is 2.95. The maximum Gasteiger partial charge on any atom is 0.234 e. The maximum atomic E-state index is 13.5. The summed E-state index contributed by atoms with van der Waals surface area (Å²) in [6.07, 6.45) is 1.30. The number of hydrogen-bond donors (Lipinski definition) is 2. The van der Waals surface area contributed by atoms with E-state index in [0.717, 1.165) is 12.5 Å². The van der Waals surface area contributed by atoms with Crippen molar-refractivity contribution in [2.24, 2.45) is 11.7 Å². The molecule has 0 aromatic heterocycles. The Bertz CT molecular complexity index is 467. The van der Waals surface area contributed by atoms with Crippen molar-refractivity contribution in [2.75, 3.05) is 5.32 Å². The van der Waals surface area contributed by atoms with Crippen molar-refractivity contribution in [3.8, 4) is 0 Å². The van der Waals surface area contributed by atoms with Crippen LogP contribution in [0.5, 0.6) is 0 Å². The summed E-state index contributed by atoms with van der Waals surface area (Å²) >= 11 is 10.5. The Balaban J connectivity index is 2.82. The van der Waals surface area contributed by atoms with Crippen LogP contribution < -0.4 is 11.1 Å². The highest BCUT2D eigenvalue weighted by Gasteiger charge is 2.21. The molecule has 0 radical (unpaired) electrons. The molecular weight excluding hydrogens is 275 g/mol. The molecule has 3 N–H and O–H groups in total. The van der Waals surface area contributed by atoms with Gasteiger partial charge in [-0.05, 0) is 24.6 Å². The second-order valence-electron chi connectivity index (χ2n) is 3.86. The molecule has 0 aliphatic rings. The molecule has 1 rings (SSSR count). The van der Waals surface area contributed by atoms with Gasteiger partial charge in [0.15, 0.2) is 0 Å². The third-order valence-electron chi connectivity index (χ3n) is 2.43. The number of carbonyl (C=O) groups is 1. The maximum absolute atomic E-state index is 13.5. The minimum absolute atomic E-state index is 0.0711. The van der Waals surface area contributed by atoms with Crippen LogP contribution in [0.3, 0.4) is 0 Å². The molecule has 18 heavy (non-hydrogen) atoms. The van der Waals surface area contributed by atoms with Crippen molar-refractivity contribution in [3.63, 3.8) is 0 Å². The molecule has 0 fully saturated rings. The van der Waals surface area contributed by atoms with Crippen LogP contribution in [-0.4, -0.2) is 10.9 Å². The fourth-order valence-electron chi connectivity index (χ4n) is 1.50. The van der Waals surface area contributed by atoms with Crippen molar-refractivity contribution in [1.82, 2.24) is 0 Å². The lowest BCUT2D eigenvalue weighted by Crippen LogP contribution is -2.33. The summed E-state index contributed by atoms with van der Waals surface area (Å²) in [6.45, 7) is 1.92. The van der Waals surface area contributed by atoms with E-state index in [1.165, 1.54) is 12.1 Å². The van der Waals surface area contributed by atoms with Crippen LogP contribution >= 0.6 is 23.8 Å². The van der Waals surface area contributed by atoms with E-state index >= 15 is 0 Å². The van der Waals surface area contributed by atoms with Gasteiger partial charge in [-0.3, -0.25) is 4.79 Å². The zero-order valence-electron chi connectivity index (χ0n) is 9.87. The van der Waals surface area contributed by atoms with Gasteiger partial charge in [0.25, 0.3) is 0 Å². The minimum atomic E-state index is -0.589. The number of halogens is 2. The molecule has 0 bridgehead atoms. The van der Waals surface area contributed by atoms with Gasteiger partial charge >= 0.3 is 0 Å². The molecular formula is C12H14ClFN2OS. The van der Waals surface area contributed by atoms with Crippen LogP contribution in [0.25, 0.3) is 0 Å². The number of rotatable bonds is 5. The molecule has 6 heteroatoms. The van der Waals surface area contributed by atoms with Gasteiger partial charge in [-0.2, -0.15) is 0 Å². The molecule has 98 valence electrons. The summed E-state index contributed by atoms with van der Waals surface area (Å²) in [5, 5.41) is 2.73. The summed E-state index contributed by atoms with van der Waals surface area (Å²) in [5.41, 5.74) is 5.57. The van der Waals surface area contributed by atoms with E-state index in [4.69, 9.17) is 29.6 Å². The summed E-state index contributed by atoms with van der Waals surface area (Å²) in [4.78, 5) is 12.0. The molecule has 1 aromatic carbocycles.